The highest BCUT2D eigenvalue weighted by Crippen LogP contribution is 2.28. The van der Waals surface area contributed by atoms with Gasteiger partial charge >= 0.3 is 12.1 Å². The summed E-state index contributed by atoms with van der Waals surface area (Å²) in [5.74, 6) is -1.86. The number of esters is 1. The lowest BCUT2D eigenvalue weighted by molar-refractivity contribution is -0.172. The fourth-order valence-electron chi connectivity index (χ4n) is 1.18. The lowest BCUT2D eigenvalue weighted by Gasteiger charge is -2.28. The van der Waals surface area contributed by atoms with E-state index in [9.17, 15) is 22.8 Å². The van der Waals surface area contributed by atoms with Gasteiger partial charge in [0.25, 0.3) is 0 Å². The van der Waals surface area contributed by atoms with E-state index in [2.05, 4.69) is 4.74 Å². The van der Waals surface area contributed by atoms with Gasteiger partial charge in [0, 0.05) is 6.92 Å². The Labute approximate surface area is 84.8 Å². The fourth-order valence-corrected chi connectivity index (χ4v) is 1.18. The van der Waals surface area contributed by atoms with E-state index < -0.39 is 30.0 Å². The zero-order valence-electron chi connectivity index (χ0n) is 8.57. The van der Waals surface area contributed by atoms with Crippen molar-refractivity contribution in [2.75, 3.05) is 7.11 Å². The molecule has 0 aromatic carbocycles. The summed E-state index contributed by atoms with van der Waals surface area (Å²) >= 11 is 0. The Morgan fingerprint density at radius 1 is 1.33 bits per heavy atom. The predicted molar refractivity (Wildman–Crippen MR) is 44.9 cm³/mol. The Morgan fingerprint density at radius 3 is 2.07 bits per heavy atom. The average Bonchev–Trinajstić information content (AvgIpc) is 1.97. The largest absolute Gasteiger partial charge is 0.467 e. The number of amides is 1. The van der Waals surface area contributed by atoms with Gasteiger partial charge in [-0.3, -0.25) is 4.79 Å². The van der Waals surface area contributed by atoms with Crippen molar-refractivity contribution in [3.05, 3.63) is 0 Å². The second-order valence-electron chi connectivity index (χ2n) is 3.30. The first kappa shape index (κ1) is 13.7. The Bertz CT molecular complexity index is 264. The number of halogens is 3. The van der Waals surface area contributed by atoms with Gasteiger partial charge in [0.05, 0.1) is 13.5 Å². The van der Waals surface area contributed by atoms with Crippen molar-refractivity contribution in [1.82, 2.24) is 5.32 Å². The van der Waals surface area contributed by atoms with Gasteiger partial charge in [-0.05, 0) is 6.92 Å². The Morgan fingerprint density at radius 2 is 1.80 bits per heavy atom. The quantitative estimate of drug-likeness (QED) is 0.732. The van der Waals surface area contributed by atoms with Crippen LogP contribution < -0.4 is 5.32 Å². The van der Waals surface area contributed by atoms with E-state index in [-0.39, 0.29) is 0 Å². The molecule has 15 heavy (non-hydrogen) atoms. The lowest BCUT2D eigenvalue weighted by Crippen LogP contribution is -2.54. The predicted octanol–water partition coefficient (Wildman–Crippen LogP) is 1.01. The minimum atomic E-state index is -4.56. The van der Waals surface area contributed by atoms with Crippen LogP contribution in [0.1, 0.15) is 20.3 Å². The molecule has 0 rings (SSSR count). The van der Waals surface area contributed by atoms with Gasteiger partial charge in [-0.1, -0.05) is 0 Å². The van der Waals surface area contributed by atoms with E-state index >= 15 is 0 Å². The maximum Gasteiger partial charge on any atom is 0.391 e. The first-order chi connectivity index (χ1) is 6.60. The van der Waals surface area contributed by atoms with Crippen LogP contribution in [0.3, 0.4) is 0 Å². The number of rotatable bonds is 3. The molecular weight excluding hydrogens is 215 g/mol. The smallest absolute Gasteiger partial charge is 0.391 e. The number of hydrogen-bond donors (Lipinski definition) is 1. The molecule has 0 saturated heterocycles. The van der Waals surface area contributed by atoms with Crippen LogP contribution in [0.4, 0.5) is 13.2 Å². The topological polar surface area (TPSA) is 55.4 Å². The molecule has 0 radical (unpaired) electrons. The second-order valence-corrected chi connectivity index (χ2v) is 3.30. The summed E-state index contributed by atoms with van der Waals surface area (Å²) in [6.07, 6.45) is -6.03. The molecule has 0 saturated carbocycles. The molecule has 0 spiro atoms. The number of carbonyl (C=O) groups excluding carboxylic acids is 2. The number of carbonyl (C=O) groups is 2. The number of alkyl halides is 3. The van der Waals surface area contributed by atoms with Crippen molar-refractivity contribution >= 4 is 11.9 Å². The molecule has 88 valence electrons. The van der Waals surface area contributed by atoms with Crippen molar-refractivity contribution < 1.29 is 27.5 Å². The van der Waals surface area contributed by atoms with Gasteiger partial charge in [0.1, 0.15) is 5.54 Å². The molecule has 0 bridgehead atoms. The Balaban J connectivity index is 4.86. The highest BCUT2D eigenvalue weighted by molar-refractivity contribution is 5.86. The zero-order valence-corrected chi connectivity index (χ0v) is 8.57. The number of nitrogens with one attached hydrogen (secondary N) is 1. The number of hydrogen-bond acceptors (Lipinski definition) is 3. The molecule has 7 heteroatoms. The molecule has 0 aliphatic carbocycles. The molecule has 0 aromatic heterocycles. The minimum Gasteiger partial charge on any atom is -0.467 e. The standard InChI is InChI=1S/C8H12F3NO3/c1-5(13)12-7(2,6(14)15-3)4-8(9,10)11/h4H2,1-3H3,(H,12,13). The van der Waals surface area contributed by atoms with Crippen molar-refractivity contribution in [1.29, 1.82) is 0 Å². The summed E-state index contributed by atoms with van der Waals surface area (Å²) in [5, 5.41) is 1.93. The fraction of sp³-hybridized carbons (Fsp3) is 0.750. The summed E-state index contributed by atoms with van der Waals surface area (Å²) in [5.41, 5.74) is -2.07. The summed E-state index contributed by atoms with van der Waals surface area (Å²) in [7, 11) is 0.957. The van der Waals surface area contributed by atoms with Gasteiger partial charge in [0.2, 0.25) is 5.91 Å². The highest BCUT2D eigenvalue weighted by atomic mass is 19.4. The SMILES string of the molecule is COC(=O)C(C)(CC(F)(F)F)NC(C)=O. The molecule has 0 aromatic rings. The van der Waals surface area contributed by atoms with E-state index in [1.807, 2.05) is 5.32 Å². The molecule has 0 aliphatic heterocycles. The third kappa shape index (κ3) is 4.66. The Hall–Kier alpha value is -1.27. The van der Waals surface area contributed by atoms with Crippen molar-refractivity contribution in [2.45, 2.75) is 32.0 Å². The van der Waals surface area contributed by atoms with Crippen LogP contribution in [0.5, 0.6) is 0 Å². The van der Waals surface area contributed by atoms with Crippen LogP contribution >= 0.6 is 0 Å². The third-order valence-electron chi connectivity index (χ3n) is 1.64. The van der Waals surface area contributed by atoms with E-state index in [0.29, 0.717) is 0 Å². The molecule has 0 heterocycles. The molecule has 1 amide bonds. The summed E-state index contributed by atoms with van der Waals surface area (Å²) in [6.45, 7) is 1.99. The summed E-state index contributed by atoms with van der Waals surface area (Å²) in [6, 6.07) is 0. The molecule has 0 fully saturated rings. The Kier molecular flexibility index (Phi) is 4.12. The van der Waals surface area contributed by atoms with Crippen LogP contribution in [0.2, 0.25) is 0 Å². The van der Waals surface area contributed by atoms with Crippen molar-refractivity contribution in [3.63, 3.8) is 0 Å². The molecule has 1 atom stereocenters. The van der Waals surface area contributed by atoms with E-state index in [1.165, 1.54) is 0 Å². The molecule has 0 aliphatic rings. The molecule has 4 nitrogen and oxygen atoms in total. The lowest BCUT2D eigenvalue weighted by atomic mass is 9.97. The summed E-state index contributed by atoms with van der Waals surface area (Å²) in [4.78, 5) is 21.8. The number of ether oxygens (including phenoxy) is 1. The van der Waals surface area contributed by atoms with Crippen LogP contribution in [0.25, 0.3) is 0 Å². The average molecular weight is 227 g/mol. The van der Waals surface area contributed by atoms with Crippen LogP contribution in [-0.4, -0.2) is 30.7 Å². The van der Waals surface area contributed by atoms with Crippen LogP contribution in [0, 0.1) is 0 Å². The number of methoxy groups -OCH3 is 1. The zero-order chi connectivity index (χ0) is 12.3. The first-order valence-corrected chi connectivity index (χ1v) is 4.04. The van der Waals surface area contributed by atoms with Crippen molar-refractivity contribution in [2.24, 2.45) is 0 Å². The molecule has 1 N–H and O–H groups in total. The second kappa shape index (κ2) is 4.50. The van der Waals surface area contributed by atoms with E-state index in [1.54, 1.807) is 0 Å². The van der Waals surface area contributed by atoms with Crippen LogP contribution in [-0.2, 0) is 14.3 Å². The monoisotopic (exact) mass is 227 g/mol. The van der Waals surface area contributed by atoms with Gasteiger partial charge in [-0.2, -0.15) is 13.2 Å². The highest BCUT2D eigenvalue weighted by Gasteiger charge is 2.45. The molecule has 1 unspecified atom stereocenters. The van der Waals surface area contributed by atoms with Crippen molar-refractivity contribution in [3.8, 4) is 0 Å². The summed E-state index contributed by atoms with van der Waals surface area (Å²) < 4.78 is 40.6. The molecular formula is C8H12F3NO3. The van der Waals surface area contributed by atoms with Gasteiger partial charge in [-0.15, -0.1) is 0 Å². The minimum absolute atomic E-state index is 0.729. The maximum absolute atomic E-state index is 12.1. The van der Waals surface area contributed by atoms with Gasteiger partial charge < -0.3 is 10.1 Å². The maximum atomic E-state index is 12.1. The van der Waals surface area contributed by atoms with E-state index in [0.717, 1.165) is 21.0 Å². The van der Waals surface area contributed by atoms with Crippen LogP contribution in [0.15, 0.2) is 0 Å². The van der Waals surface area contributed by atoms with Gasteiger partial charge in [0.15, 0.2) is 0 Å². The first-order valence-electron chi connectivity index (χ1n) is 4.04. The van der Waals surface area contributed by atoms with E-state index in [4.69, 9.17) is 0 Å². The normalized spacial score (nSPS) is 15.3. The third-order valence-corrected chi connectivity index (χ3v) is 1.64. The van der Waals surface area contributed by atoms with Gasteiger partial charge in [-0.25, -0.2) is 4.79 Å².